The first-order chi connectivity index (χ1) is 13.2. The molecule has 0 saturated heterocycles. The van der Waals surface area contributed by atoms with Crippen LogP contribution in [0.4, 0.5) is 0 Å². The van der Waals surface area contributed by atoms with Crippen molar-refractivity contribution in [1.29, 1.82) is 0 Å². The van der Waals surface area contributed by atoms with Crippen LogP contribution < -0.4 is 14.6 Å². The lowest BCUT2D eigenvalue weighted by molar-refractivity contribution is -0.126. The van der Waals surface area contributed by atoms with Crippen LogP contribution in [0, 0.1) is 0 Å². The highest BCUT2D eigenvalue weighted by Crippen LogP contribution is 2.26. The molecule has 0 bridgehead atoms. The van der Waals surface area contributed by atoms with Gasteiger partial charge in [-0.25, -0.2) is 13.6 Å². The fourth-order valence-electron chi connectivity index (χ4n) is 2.60. The minimum atomic E-state index is -3.81. The summed E-state index contributed by atoms with van der Waals surface area (Å²) in [7, 11) is 0.946. The molecular weight excluding hydrogens is 380 g/mol. The minimum absolute atomic E-state index is 0.0104. The Kier molecular flexibility index (Phi) is 6.82. The summed E-state index contributed by atoms with van der Waals surface area (Å²) in [6, 6.07) is 11.2. The minimum Gasteiger partial charge on any atom is -0.497 e. The number of hydrogen-bond donors (Lipinski definition) is 1. The van der Waals surface area contributed by atoms with Crippen molar-refractivity contribution in [2.75, 3.05) is 21.3 Å². The van der Waals surface area contributed by atoms with E-state index in [-0.39, 0.29) is 16.8 Å². The number of carbonyl (C=O) groups is 1. The Morgan fingerprint density at radius 2 is 1.86 bits per heavy atom. The Balaban J connectivity index is 2.19. The van der Waals surface area contributed by atoms with Crippen LogP contribution in [-0.2, 0) is 14.8 Å². The second kappa shape index (κ2) is 8.90. The van der Waals surface area contributed by atoms with Gasteiger partial charge in [0.15, 0.2) is 0 Å². The van der Waals surface area contributed by atoms with E-state index in [0.29, 0.717) is 17.1 Å². The van der Waals surface area contributed by atoms with Gasteiger partial charge in [0.25, 0.3) is 0 Å². The van der Waals surface area contributed by atoms with Gasteiger partial charge in [-0.1, -0.05) is 12.1 Å². The van der Waals surface area contributed by atoms with E-state index in [4.69, 9.17) is 14.6 Å². The summed E-state index contributed by atoms with van der Waals surface area (Å²) < 4.78 is 33.6. The van der Waals surface area contributed by atoms with Crippen molar-refractivity contribution in [3.63, 3.8) is 0 Å². The summed E-state index contributed by atoms with van der Waals surface area (Å²) in [4.78, 5) is 14.1. The van der Waals surface area contributed by atoms with Crippen LogP contribution >= 0.6 is 0 Å². The molecule has 2 N–H and O–H groups in total. The number of carbonyl (C=O) groups excluding carboxylic acids is 1. The molecule has 0 fully saturated rings. The third kappa shape index (κ3) is 5.11. The molecule has 28 heavy (non-hydrogen) atoms. The molecule has 0 heterocycles. The van der Waals surface area contributed by atoms with Crippen molar-refractivity contribution >= 4 is 22.0 Å². The number of sulfonamides is 1. The molecule has 0 aromatic heterocycles. The van der Waals surface area contributed by atoms with Crippen molar-refractivity contribution in [3.8, 4) is 11.5 Å². The van der Waals surface area contributed by atoms with Crippen molar-refractivity contribution in [1.82, 2.24) is 4.90 Å². The van der Waals surface area contributed by atoms with Crippen molar-refractivity contribution in [2.45, 2.75) is 17.9 Å². The number of ether oxygens (including phenoxy) is 2. The molecule has 1 amide bonds. The zero-order valence-electron chi connectivity index (χ0n) is 16.2. The molecule has 2 rings (SSSR count). The maximum absolute atomic E-state index is 12.6. The van der Waals surface area contributed by atoms with E-state index in [1.165, 1.54) is 23.1 Å². The van der Waals surface area contributed by atoms with Crippen LogP contribution in [0.1, 0.15) is 24.1 Å². The second-order valence-corrected chi connectivity index (χ2v) is 7.75. The van der Waals surface area contributed by atoms with Gasteiger partial charge in [0.05, 0.1) is 25.2 Å². The molecule has 8 heteroatoms. The van der Waals surface area contributed by atoms with Crippen molar-refractivity contribution < 1.29 is 22.7 Å². The van der Waals surface area contributed by atoms with Crippen LogP contribution in [0.2, 0.25) is 0 Å². The van der Waals surface area contributed by atoms with E-state index in [1.807, 2.05) is 6.92 Å². The number of rotatable bonds is 7. The normalized spacial score (nSPS) is 12.6. The second-order valence-electron chi connectivity index (χ2n) is 6.18. The molecule has 7 nitrogen and oxygen atoms in total. The molecule has 1 unspecified atom stereocenters. The molecule has 0 saturated carbocycles. The van der Waals surface area contributed by atoms with E-state index in [2.05, 4.69) is 0 Å². The lowest BCUT2D eigenvalue weighted by Crippen LogP contribution is -2.28. The van der Waals surface area contributed by atoms with Gasteiger partial charge in [-0.2, -0.15) is 0 Å². The number of amides is 1. The summed E-state index contributed by atoms with van der Waals surface area (Å²) in [5.74, 6) is 0.993. The predicted molar refractivity (Wildman–Crippen MR) is 108 cm³/mol. The van der Waals surface area contributed by atoms with Gasteiger partial charge in [0, 0.05) is 24.8 Å². The lowest BCUT2D eigenvalue weighted by atomic mass is 10.1. The van der Waals surface area contributed by atoms with Gasteiger partial charge >= 0.3 is 0 Å². The first-order valence-electron chi connectivity index (χ1n) is 8.47. The van der Waals surface area contributed by atoms with Crippen LogP contribution in [0.15, 0.2) is 53.4 Å². The van der Waals surface area contributed by atoms with Gasteiger partial charge in [-0.3, -0.25) is 4.79 Å². The van der Waals surface area contributed by atoms with Gasteiger partial charge in [0.2, 0.25) is 15.9 Å². The van der Waals surface area contributed by atoms with Crippen LogP contribution in [0.3, 0.4) is 0 Å². The molecule has 150 valence electrons. The van der Waals surface area contributed by atoms with Gasteiger partial charge in [-0.15, -0.1) is 0 Å². The summed E-state index contributed by atoms with van der Waals surface area (Å²) in [6.07, 6.45) is 3.09. The Morgan fingerprint density at radius 3 is 2.46 bits per heavy atom. The maximum Gasteiger partial charge on any atom is 0.246 e. The molecule has 0 aliphatic heterocycles. The van der Waals surface area contributed by atoms with Gasteiger partial charge < -0.3 is 14.4 Å². The van der Waals surface area contributed by atoms with E-state index < -0.39 is 10.0 Å². The highest BCUT2D eigenvalue weighted by atomic mass is 32.2. The number of hydrogen-bond acceptors (Lipinski definition) is 5. The number of likely N-dealkylation sites (N-methyl/N-ethyl adjacent to an activating group) is 1. The first-order valence-corrected chi connectivity index (χ1v) is 10.0. The highest BCUT2D eigenvalue weighted by molar-refractivity contribution is 7.89. The molecule has 2 aromatic carbocycles. The number of nitrogens with two attached hydrogens (primary N) is 1. The van der Waals surface area contributed by atoms with E-state index in [1.54, 1.807) is 57.7 Å². The van der Waals surface area contributed by atoms with E-state index >= 15 is 0 Å². The van der Waals surface area contributed by atoms with Crippen molar-refractivity contribution in [2.24, 2.45) is 5.14 Å². The molecule has 0 radical (unpaired) electrons. The number of primary sulfonamides is 1. The fourth-order valence-corrected chi connectivity index (χ4v) is 3.17. The number of methoxy groups -OCH3 is 2. The molecule has 0 spiro atoms. The third-order valence-electron chi connectivity index (χ3n) is 4.44. The Labute approximate surface area is 165 Å². The largest absolute Gasteiger partial charge is 0.497 e. The van der Waals surface area contributed by atoms with Gasteiger partial charge in [0.1, 0.15) is 11.5 Å². The monoisotopic (exact) mass is 404 g/mol. The Bertz CT molecular complexity index is 986. The zero-order chi connectivity index (χ0) is 20.9. The molecule has 0 aliphatic rings. The zero-order valence-corrected chi connectivity index (χ0v) is 17.1. The van der Waals surface area contributed by atoms with Crippen LogP contribution in [0.25, 0.3) is 6.08 Å². The maximum atomic E-state index is 12.6. The summed E-state index contributed by atoms with van der Waals surface area (Å²) in [5.41, 5.74) is 1.40. The quantitative estimate of drug-likeness (QED) is 0.715. The summed E-state index contributed by atoms with van der Waals surface area (Å²) in [5, 5.41) is 5.18. The lowest BCUT2D eigenvalue weighted by Gasteiger charge is -2.24. The molecular formula is C20H24N2O5S. The molecule has 2 aromatic rings. The van der Waals surface area contributed by atoms with Gasteiger partial charge in [-0.05, 0) is 42.8 Å². The standard InChI is InChI=1S/C20H24N2O5S/c1-14(16-6-5-7-18(12-16)28(21,24)25)22(2)20(23)11-9-15-8-10-17(26-3)13-19(15)27-4/h5-14H,1-4H3,(H2,21,24,25)/b11-9+. The fraction of sp³-hybridized carbons (Fsp3) is 0.250. The third-order valence-corrected chi connectivity index (χ3v) is 5.35. The molecule has 0 aliphatic carbocycles. The SMILES string of the molecule is COc1ccc(/C=C/C(=O)N(C)C(C)c2cccc(S(N)(=O)=O)c2)c(OC)c1. The Morgan fingerprint density at radius 1 is 1.14 bits per heavy atom. The number of benzene rings is 2. The average molecular weight is 404 g/mol. The van der Waals surface area contributed by atoms with Crippen LogP contribution in [0.5, 0.6) is 11.5 Å². The van der Waals surface area contributed by atoms with Crippen molar-refractivity contribution in [3.05, 3.63) is 59.7 Å². The van der Waals surface area contributed by atoms with E-state index in [0.717, 1.165) is 5.56 Å². The predicted octanol–water partition coefficient (Wildman–Crippen LogP) is 2.58. The summed E-state index contributed by atoms with van der Waals surface area (Å²) >= 11 is 0. The highest BCUT2D eigenvalue weighted by Gasteiger charge is 2.18. The first kappa shape index (κ1) is 21.5. The van der Waals surface area contributed by atoms with Crippen LogP contribution in [-0.4, -0.2) is 40.5 Å². The molecule has 1 atom stereocenters. The smallest absolute Gasteiger partial charge is 0.246 e. The van der Waals surface area contributed by atoms with E-state index in [9.17, 15) is 13.2 Å². The number of nitrogens with zero attached hydrogens (tertiary/aromatic N) is 1. The topological polar surface area (TPSA) is 98.9 Å². The summed E-state index contributed by atoms with van der Waals surface area (Å²) in [6.45, 7) is 1.81. The Hall–Kier alpha value is -2.84. The average Bonchev–Trinajstić information content (AvgIpc) is 2.70.